The number of sulfonamides is 1. The molecule has 2 aromatic carbocycles. The third-order valence-electron chi connectivity index (χ3n) is 3.60. The van der Waals surface area contributed by atoms with Gasteiger partial charge < -0.3 is 10.1 Å². The van der Waals surface area contributed by atoms with Crippen LogP contribution in [-0.4, -0.2) is 27.0 Å². The van der Waals surface area contributed by atoms with E-state index in [4.69, 9.17) is 16.3 Å². The molecular weight excluding hydrogens is 376 g/mol. The van der Waals surface area contributed by atoms with Crippen molar-refractivity contribution in [1.82, 2.24) is 4.72 Å². The van der Waals surface area contributed by atoms with Gasteiger partial charge in [-0.25, -0.2) is 13.1 Å². The van der Waals surface area contributed by atoms with E-state index in [9.17, 15) is 13.2 Å². The summed E-state index contributed by atoms with van der Waals surface area (Å²) >= 11 is 5.78. The van der Waals surface area contributed by atoms with Crippen LogP contribution in [0.15, 0.2) is 53.4 Å². The Labute approximate surface area is 158 Å². The van der Waals surface area contributed by atoms with Crippen LogP contribution in [0, 0.1) is 0 Å². The minimum atomic E-state index is -3.56. The van der Waals surface area contributed by atoms with Gasteiger partial charge in [0.2, 0.25) is 10.0 Å². The summed E-state index contributed by atoms with van der Waals surface area (Å²) in [5.74, 6) is 0.176. The van der Waals surface area contributed by atoms with E-state index in [0.717, 1.165) is 0 Å². The average molecular weight is 397 g/mol. The molecule has 0 aromatic heterocycles. The maximum Gasteiger partial charge on any atom is 0.262 e. The van der Waals surface area contributed by atoms with Gasteiger partial charge in [0.05, 0.1) is 4.90 Å². The summed E-state index contributed by atoms with van der Waals surface area (Å²) in [5, 5.41) is 3.23. The van der Waals surface area contributed by atoms with Crippen molar-refractivity contribution in [3.05, 3.63) is 53.6 Å². The predicted molar refractivity (Wildman–Crippen MR) is 102 cm³/mol. The Balaban J connectivity index is 1.91. The van der Waals surface area contributed by atoms with Crippen LogP contribution in [0.1, 0.15) is 20.3 Å². The van der Waals surface area contributed by atoms with Crippen molar-refractivity contribution in [3.63, 3.8) is 0 Å². The van der Waals surface area contributed by atoms with Crippen molar-refractivity contribution in [3.8, 4) is 5.75 Å². The van der Waals surface area contributed by atoms with Crippen molar-refractivity contribution in [2.24, 2.45) is 0 Å². The fourth-order valence-corrected chi connectivity index (χ4v) is 3.46. The molecule has 0 aliphatic heterocycles. The SMILES string of the molecule is CC[C@H](C)NS(=O)(=O)c1ccc(NC(=O)COc2ccc(Cl)cc2)cc1. The molecule has 0 fully saturated rings. The van der Waals surface area contributed by atoms with Crippen LogP contribution in [0.3, 0.4) is 0 Å². The minimum Gasteiger partial charge on any atom is -0.484 e. The Kier molecular flexibility index (Phi) is 7.02. The molecule has 0 saturated carbocycles. The van der Waals surface area contributed by atoms with Crippen LogP contribution in [0.4, 0.5) is 5.69 Å². The lowest BCUT2D eigenvalue weighted by Gasteiger charge is -2.12. The van der Waals surface area contributed by atoms with E-state index in [0.29, 0.717) is 22.9 Å². The van der Waals surface area contributed by atoms with E-state index < -0.39 is 10.0 Å². The first-order chi connectivity index (χ1) is 12.3. The molecule has 0 spiro atoms. The van der Waals surface area contributed by atoms with Gasteiger partial charge in [-0.15, -0.1) is 0 Å². The van der Waals surface area contributed by atoms with Crippen LogP contribution in [-0.2, 0) is 14.8 Å². The van der Waals surface area contributed by atoms with E-state index in [-0.39, 0.29) is 23.5 Å². The number of anilines is 1. The van der Waals surface area contributed by atoms with Crippen LogP contribution in [0.2, 0.25) is 5.02 Å². The Bertz CT molecular complexity index is 836. The lowest BCUT2D eigenvalue weighted by molar-refractivity contribution is -0.118. The molecular formula is C18H21ClN2O4S. The Morgan fingerprint density at radius 1 is 1.12 bits per heavy atom. The fourth-order valence-electron chi connectivity index (χ4n) is 2.01. The summed E-state index contributed by atoms with van der Waals surface area (Å²) < 4.78 is 32.3. The summed E-state index contributed by atoms with van der Waals surface area (Å²) in [6, 6.07) is 12.5. The second kappa shape index (κ2) is 9.02. The molecule has 0 aliphatic rings. The third kappa shape index (κ3) is 6.01. The zero-order chi connectivity index (χ0) is 19.2. The zero-order valence-corrected chi connectivity index (χ0v) is 16.1. The van der Waals surface area contributed by atoms with Gasteiger partial charge in [-0.3, -0.25) is 4.79 Å². The normalized spacial score (nSPS) is 12.4. The molecule has 6 nitrogen and oxygen atoms in total. The van der Waals surface area contributed by atoms with E-state index >= 15 is 0 Å². The maximum absolute atomic E-state index is 12.2. The molecule has 0 heterocycles. The number of rotatable bonds is 8. The quantitative estimate of drug-likeness (QED) is 0.715. The number of halogens is 1. The summed E-state index contributed by atoms with van der Waals surface area (Å²) in [5.41, 5.74) is 0.484. The van der Waals surface area contributed by atoms with E-state index in [1.54, 1.807) is 31.2 Å². The highest BCUT2D eigenvalue weighted by Crippen LogP contribution is 2.17. The van der Waals surface area contributed by atoms with Crippen molar-refractivity contribution in [1.29, 1.82) is 0 Å². The number of hydrogen-bond acceptors (Lipinski definition) is 4. The lowest BCUT2D eigenvalue weighted by Crippen LogP contribution is -2.31. The number of carbonyl (C=O) groups excluding carboxylic acids is 1. The molecule has 1 amide bonds. The third-order valence-corrected chi connectivity index (χ3v) is 5.46. The molecule has 0 saturated heterocycles. The van der Waals surface area contributed by atoms with Gasteiger partial charge in [0.25, 0.3) is 5.91 Å². The highest BCUT2D eigenvalue weighted by Gasteiger charge is 2.16. The molecule has 0 aliphatic carbocycles. The van der Waals surface area contributed by atoms with Gasteiger partial charge in [0.15, 0.2) is 6.61 Å². The van der Waals surface area contributed by atoms with Crippen LogP contribution in [0.5, 0.6) is 5.75 Å². The Hall–Kier alpha value is -2.09. The zero-order valence-electron chi connectivity index (χ0n) is 14.5. The molecule has 0 unspecified atom stereocenters. The molecule has 8 heteroatoms. The number of nitrogens with one attached hydrogen (secondary N) is 2. The summed E-state index contributed by atoms with van der Waals surface area (Å²) in [6.45, 7) is 3.53. The first kappa shape index (κ1) is 20.2. The van der Waals surface area contributed by atoms with Crippen molar-refractivity contribution < 1.29 is 17.9 Å². The molecule has 26 heavy (non-hydrogen) atoms. The topological polar surface area (TPSA) is 84.5 Å². The first-order valence-corrected chi connectivity index (χ1v) is 9.97. The largest absolute Gasteiger partial charge is 0.484 e. The van der Waals surface area contributed by atoms with Gasteiger partial charge in [0.1, 0.15) is 5.75 Å². The summed E-state index contributed by atoms with van der Waals surface area (Å²) in [7, 11) is -3.56. The Morgan fingerprint density at radius 2 is 1.73 bits per heavy atom. The predicted octanol–water partition coefficient (Wildman–Crippen LogP) is 3.43. The fraction of sp³-hybridized carbons (Fsp3) is 0.278. The minimum absolute atomic E-state index is 0.146. The van der Waals surface area contributed by atoms with E-state index in [1.165, 1.54) is 24.3 Å². The van der Waals surface area contributed by atoms with Gasteiger partial charge >= 0.3 is 0 Å². The van der Waals surface area contributed by atoms with Gasteiger partial charge in [-0.2, -0.15) is 0 Å². The maximum atomic E-state index is 12.2. The highest BCUT2D eigenvalue weighted by molar-refractivity contribution is 7.89. The monoisotopic (exact) mass is 396 g/mol. The van der Waals surface area contributed by atoms with Crippen LogP contribution >= 0.6 is 11.6 Å². The van der Waals surface area contributed by atoms with E-state index in [1.807, 2.05) is 6.92 Å². The second-order valence-corrected chi connectivity index (χ2v) is 7.90. The number of benzene rings is 2. The standard InChI is InChI=1S/C18H21ClN2O4S/c1-3-13(2)21-26(23,24)17-10-6-15(7-11-17)20-18(22)12-25-16-8-4-14(19)5-9-16/h4-11,13,21H,3,12H2,1-2H3,(H,20,22)/t13-/m0/s1. The van der Waals surface area contributed by atoms with Crippen molar-refractivity contribution in [2.45, 2.75) is 31.2 Å². The van der Waals surface area contributed by atoms with Crippen molar-refractivity contribution in [2.75, 3.05) is 11.9 Å². The van der Waals surface area contributed by atoms with Gasteiger partial charge in [-0.05, 0) is 61.9 Å². The lowest BCUT2D eigenvalue weighted by atomic mass is 10.3. The molecule has 2 N–H and O–H groups in total. The first-order valence-electron chi connectivity index (χ1n) is 8.11. The molecule has 2 rings (SSSR count). The molecule has 0 radical (unpaired) electrons. The van der Waals surface area contributed by atoms with Gasteiger partial charge in [0, 0.05) is 16.8 Å². The molecule has 0 bridgehead atoms. The molecule has 2 aromatic rings. The number of hydrogen-bond donors (Lipinski definition) is 2. The molecule has 140 valence electrons. The summed E-state index contributed by atoms with van der Waals surface area (Å²) in [6.07, 6.45) is 0.695. The number of carbonyl (C=O) groups is 1. The van der Waals surface area contributed by atoms with E-state index in [2.05, 4.69) is 10.0 Å². The molecule has 1 atom stereocenters. The van der Waals surface area contributed by atoms with Crippen LogP contribution < -0.4 is 14.8 Å². The number of amides is 1. The highest BCUT2D eigenvalue weighted by atomic mass is 35.5. The van der Waals surface area contributed by atoms with Crippen LogP contribution in [0.25, 0.3) is 0 Å². The second-order valence-electron chi connectivity index (χ2n) is 5.75. The average Bonchev–Trinajstić information content (AvgIpc) is 2.61. The summed E-state index contributed by atoms with van der Waals surface area (Å²) in [4.78, 5) is 12.1. The smallest absolute Gasteiger partial charge is 0.262 e. The Morgan fingerprint density at radius 3 is 2.31 bits per heavy atom. The van der Waals surface area contributed by atoms with Gasteiger partial charge in [-0.1, -0.05) is 18.5 Å². The number of ether oxygens (including phenoxy) is 1. The van der Waals surface area contributed by atoms with Crippen molar-refractivity contribution >= 4 is 33.2 Å².